The van der Waals surface area contributed by atoms with E-state index in [9.17, 15) is 5.11 Å². The molecular weight excluding hydrogens is 296 g/mol. The molecule has 1 saturated carbocycles. The topological polar surface area (TPSA) is 35.5 Å². The van der Waals surface area contributed by atoms with E-state index in [0.717, 1.165) is 29.7 Å². The number of anilines is 1. The molecule has 1 aromatic rings. The van der Waals surface area contributed by atoms with Crippen molar-refractivity contribution < 1.29 is 5.11 Å². The third-order valence-corrected chi connectivity index (χ3v) is 7.77. The van der Waals surface area contributed by atoms with E-state index in [1.807, 2.05) is 12.1 Å². The molecule has 0 aromatic heterocycles. The van der Waals surface area contributed by atoms with Crippen LogP contribution in [0.1, 0.15) is 51.0 Å². The molecule has 0 radical (unpaired) electrons. The number of fused-ring (bicyclic) bond motifs is 5. The first-order valence-electron chi connectivity index (χ1n) is 9.99. The van der Waals surface area contributed by atoms with Crippen LogP contribution in [-0.2, 0) is 0 Å². The second kappa shape index (κ2) is 5.39. The molecule has 6 rings (SSSR count). The Morgan fingerprint density at radius 2 is 2.17 bits per heavy atom. The van der Waals surface area contributed by atoms with Gasteiger partial charge < -0.3 is 10.4 Å². The van der Waals surface area contributed by atoms with E-state index >= 15 is 0 Å². The molecular formula is C21H30N2O. The Kier molecular flexibility index (Phi) is 3.38. The Balaban J connectivity index is 1.56. The predicted molar refractivity (Wildman–Crippen MR) is 97.4 cm³/mol. The summed E-state index contributed by atoms with van der Waals surface area (Å²) < 4.78 is 0. The molecule has 24 heavy (non-hydrogen) atoms. The maximum atomic E-state index is 9.97. The van der Waals surface area contributed by atoms with Crippen molar-refractivity contribution in [2.75, 3.05) is 18.4 Å². The summed E-state index contributed by atoms with van der Waals surface area (Å²) in [5, 5.41) is 13.9. The molecule has 4 heterocycles. The zero-order chi connectivity index (χ0) is 16.4. The number of hydrogen-bond donors (Lipinski definition) is 2. The first-order valence-corrected chi connectivity index (χ1v) is 9.99. The van der Waals surface area contributed by atoms with Crippen LogP contribution in [0.3, 0.4) is 0 Å². The third-order valence-electron chi connectivity index (χ3n) is 7.77. The van der Waals surface area contributed by atoms with Gasteiger partial charge in [-0.05, 0) is 73.2 Å². The van der Waals surface area contributed by atoms with E-state index in [4.69, 9.17) is 0 Å². The van der Waals surface area contributed by atoms with Crippen molar-refractivity contribution in [3.8, 4) is 5.75 Å². The third kappa shape index (κ3) is 2.06. The first-order chi connectivity index (χ1) is 11.7. The molecule has 0 spiro atoms. The smallest absolute Gasteiger partial charge is 0.116 e. The van der Waals surface area contributed by atoms with Gasteiger partial charge >= 0.3 is 0 Å². The lowest BCUT2D eigenvalue weighted by Gasteiger charge is -2.45. The maximum Gasteiger partial charge on any atom is 0.116 e. The number of rotatable bonds is 1. The number of nitrogens with zero attached hydrogens (tertiary/aromatic N) is 1. The average Bonchev–Trinajstić information content (AvgIpc) is 2.75. The minimum absolute atomic E-state index is 0.419. The lowest BCUT2D eigenvalue weighted by atomic mass is 9.74. The van der Waals surface area contributed by atoms with Crippen LogP contribution in [0.4, 0.5) is 5.69 Å². The number of aromatic hydroxyl groups is 1. The van der Waals surface area contributed by atoms with Crippen LogP contribution in [0.15, 0.2) is 18.2 Å². The zero-order valence-electron chi connectivity index (χ0n) is 14.9. The molecule has 4 fully saturated rings. The van der Waals surface area contributed by atoms with Crippen LogP contribution in [0.2, 0.25) is 0 Å². The summed E-state index contributed by atoms with van der Waals surface area (Å²) in [6.07, 6.45) is 5.37. The van der Waals surface area contributed by atoms with Gasteiger partial charge in [0.05, 0.1) is 0 Å². The second-order valence-corrected chi connectivity index (χ2v) is 8.86. The van der Waals surface area contributed by atoms with Crippen molar-refractivity contribution in [3.05, 3.63) is 23.8 Å². The van der Waals surface area contributed by atoms with Crippen LogP contribution in [-0.4, -0.2) is 35.2 Å². The van der Waals surface area contributed by atoms with Crippen LogP contribution in [0, 0.1) is 23.7 Å². The molecule has 2 N–H and O–H groups in total. The van der Waals surface area contributed by atoms with Crippen LogP contribution >= 0.6 is 0 Å². The second-order valence-electron chi connectivity index (χ2n) is 8.86. The number of phenols is 1. The van der Waals surface area contributed by atoms with E-state index < -0.39 is 0 Å². The molecule has 3 heteroatoms. The van der Waals surface area contributed by atoms with Crippen molar-refractivity contribution in [2.24, 2.45) is 23.7 Å². The van der Waals surface area contributed by atoms with Crippen molar-refractivity contribution >= 4 is 5.69 Å². The van der Waals surface area contributed by atoms with E-state index in [0.29, 0.717) is 17.7 Å². The average molecular weight is 326 g/mol. The summed E-state index contributed by atoms with van der Waals surface area (Å²) in [4.78, 5) is 2.86. The summed E-state index contributed by atoms with van der Waals surface area (Å²) >= 11 is 0. The fraction of sp³-hybridized carbons (Fsp3) is 0.714. The summed E-state index contributed by atoms with van der Waals surface area (Å²) in [5.74, 6) is 4.37. The zero-order valence-corrected chi connectivity index (χ0v) is 14.9. The SMILES string of the molecule is CCC1CC(C)C2CC3C4Nc5ccc(O)cc5C4CCN(C2)C13. The van der Waals surface area contributed by atoms with Gasteiger partial charge in [0, 0.05) is 30.2 Å². The molecule has 0 amide bonds. The first kappa shape index (κ1) is 15.1. The molecule has 130 valence electrons. The van der Waals surface area contributed by atoms with Crippen molar-refractivity contribution in [3.63, 3.8) is 0 Å². The highest BCUT2D eigenvalue weighted by Gasteiger charge is 2.52. The monoisotopic (exact) mass is 326 g/mol. The van der Waals surface area contributed by atoms with E-state index in [1.54, 1.807) is 0 Å². The van der Waals surface area contributed by atoms with E-state index in [1.165, 1.54) is 50.0 Å². The highest BCUT2D eigenvalue weighted by molar-refractivity contribution is 5.62. The van der Waals surface area contributed by atoms with Gasteiger partial charge in [0.15, 0.2) is 0 Å². The molecule has 1 aliphatic carbocycles. The predicted octanol–water partition coefficient (Wildman–Crippen LogP) is 4.05. The standard InChI is InChI=1S/C21H30N2O/c1-3-13-8-12(2)14-9-18-20-16(6-7-23(11-14)21(13)18)17-10-15(24)4-5-19(17)22-20/h4-5,10,12-14,16,18,20-22,24H,3,6-9,11H2,1-2H3. The molecule has 4 bridgehead atoms. The fourth-order valence-electron chi connectivity index (χ4n) is 6.64. The van der Waals surface area contributed by atoms with Crippen LogP contribution in [0.25, 0.3) is 0 Å². The van der Waals surface area contributed by atoms with Gasteiger partial charge in [-0.3, -0.25) is 4.90 Å². The van der Waals surface area contributed by atoms with Gasteiger partial charge in [0.1, 0.15) is 5.75 Å². The number of nitrogens with one attached hydrogen (secondary N) is 1. The van der Waals surface area contributed by atoms with Gasteiger partial charge in [0.2, 0.25) is 0 Å². The lowest BCUT2D eigenvalue weighted by Crippen LogP contribution is -2.52. The van der Waals surface area contributed by atoms with Crippen LogP contribution in [0.5, 0.6) is 5.75 Å². The lowest BCUT2D eigenvalue weighted by molar-refractivity contribution is 0.0467. The number of hydrogen-bond acceptors (Lipinski definition) is 3. The fourth-order valence-corrected chi connectivity index (χ4v) is 6.64. The number of piperidine rings is 1. The summed E-state index contributed by atoms with van der Waals surface area (Å²) in [5.41, 5.74) is 2.64. The summed E-state index contributed by atoms with van der Waals surface area (Å²) in [6.45, 7) is 7.46. The molecule has 4 aliphatic heterocycles. The Morgan fingerprint density at radius 3 is 3.00 bits per heavy atom. The largest absolute Gasteiger partial charge is 0.508 e. The Labute approximate surface area is 145 Å². The van der Waals surface area contributed by atoms with Gasteiger partial charge in [-0.2, -0.15) is 0 Å². The molecule has 1 aromatic carbocycles. The molecule has 8 atom stereocenters. The number of benzene rings is 1. The molecule has 3 nitrogen and oxygen atoms in total. The van der Waals surface area contributed by atoms with E-state index in [-0.39, 0.29) is 0 Å². The molecule has 3 saturated heterocycles. The quantitative estimate of drug-likeness (QED) is 0.764. The highest BCUT2D eigenvalue weighted by Crippen LogP contribution is 2.53. The van der Waals surface area contributed by atoms with Crippen molar-refractivity contribution in [1.82, 2.24) is 4.90 Å². The van der Waals surface area contributed by atoms with Gasteiger partial charge in [-0.15, -0.1) is 0 Å². The Hall–Kier alpha value is -1.22. The van der Waals surface area contributed by atoms with Crippen molar-refractivity contribution in [1.29, 1.82) is 0 Å². The van der Waals surface area contributed by atoms with Gasteiger partial charge in [-0.25, -0.2) is 0 Å². The highest BCUT2D eigenvalue weighted by atomic mass is 16.3. The minimum atomic E-state index is 0.419. The van der Waals surface area contributed by atoms with Crippen molar-refractivity contribution in [2.45, 2.75) is 57.5 Å². The number of phenolic OH excluding ortho intramolecular Hbond substituents is 1. The Bertz CT molecular complexity index is 645. The normalized spacial score (nSPS) is 45.8. The molecule has 8 unspecified atom stereocenters. The maximum absolute atomic E-state index is 9.97. The summed E-state index contributed by atoms with van der Waals surface area (Å²) in [7, 11) is 0. The Morgan fingerprint density at radius 1 is 1.29 bits per heavy atom. The van der Waals surface area contributed by atoms with E-state index in [2.05, 4.69) is 30.1 Å². The molecule has 5 aliphatic rings. The van der Waals surface area contributed by atoms with Gasteiger partial charge in [-0.1, -0.05) is 20.3 Å². The summed E-state index contributed by atoms with van der Waals surface area (Å²) in [6, 6.07) is 7.27. The van der Waals surface area contributed by atoms with Gasteiger partial charge in [0.25, 0.3) is 0 Å². The minimum Gasteiger partial charge on any atom is -0.508 e. The van der Waals surface area contributed by atoms with Crippen LogP contribution < -0.4 is 5.32 Å².